The van der Waals surface area contributed by atoms with E-state index in [-0.39, 0.29) is 37.5 Å². The minimum absolute atomic E-state index is 0.0969. The second-order valence-corrected chi connectivity index (χ2v) is 20.6. The van der Waals surface area contributed by atoms with Gasteiger partial charge >= 0.3 is 17.9 Å². The van der Waals surface area contributed by atoms with Crippen LogP contribution in [0.2, 0.25) is 0 Å². The van der Waals surface area contributed by atoms with Crippen LogP contribution in [0.15, 0.2) is 85.1 Å². The van der Waals surface area contributed by atoms with Gasteiger partial charge in [-0.2, -0.15) is 0 Å². The van der Waals surface area contributed by atoms with Crippen LogP contribution in [-0.2, 0) is 28.6 Å². The normalized spacial score (nSPS) is 12.6. The van der Waals surface area contributed by atoms with E-state index in [1.165, 1.54) is 161 Å². The Morgan fingerprint density at radius 1 is 0.288 bits per heavy atom. The highest BCUT2D eigenvalue weighted by molar-refractivity contribution is 5.71. The molecule has 0 heterocycles. The Morgan fingerprint density at radius 3 is 0.877 bits per heavy atom. The van der Waals surface area contributed by atoms with Gasteiger partial charge in [0.1, 0.15) is 13.2 Å². The first-order valence-corrected chi connectivity index (χ1v) is 31.1. The van der Waals surface area contributed by atoms with Crippen molar-refractivity contribution in [3.05, 3.63) is 85.1 Å². The quantitative estimate of drug-likeness (QED) is 0.0261. The lowest BCUT2D eigenvalue weighted by atomic mass is 10.0. The molecule has 0 saturated heterocycles. The summed E-state index contributed by atoms with van der Waals surface area (Å²) < 4.78 is 16.7. The minimum Gasteiger partial charge on any atom is -0.462 e. The third-order valence-corrected chi connectivity index (χ3v) is 13.4. The number of ether oxygens (including phenoxy) is 3. The highest BCUT2D eigenvalue weighted by atomic mass is 16.6. The molecule has 6 heteroatoms. The standard InChI is InChI=1S/C67H116O6/c1-4-7-10-13-15-17-19-21-23-25-26-27-28-29-30-31-32-33-34-35-36-37-38-39-40-42-43-45-47-49-51-54-57-60-66(69)72-63-64(62-71-65(68)59-56-53-12-9-6-3)73-67(70)61-58-55-52-50-48-46-44-41-24-22-20-18-16-14-11-8-5-2/h8,11,16,18-19,21-22,24-26,44,46,50,52,64H,4-7,9-10,12-15,17,20,23,27-43,45,47-49,51,53-63H2,1-3H3/b11-8-,18-16-,21-19-,24-22-,26-25-,46-44-,52-50-. The predicted octanol–water partition coefficient (Wildman–Crippen LogP) is 21.1. The fourth-order valence-corrected chi connectivity index (χ4v) is 8.75. The Morgan fingerprint density at radius 2 is 0.548 bits per heavy atom. The zero-order chi connectivity index (χ0) is 52.9. The topological polar surface area (TPSA) is 78.9 Å². The molecule has 0 amide bonds. The van der Waals surface area contributed by atoms with Crippen LogP contribution < -0.4 is 0 Å². The van der Waals surface area contributed by atoms with Crippen molar-refractivity contribution >= 4 is 17.9 Å². The average molecular weight is 1020 g/mol. The molecule has 0 N–H and O–H groups in total. The largest absolute Gasteiger partial charge is 0.462 e. The first kappa shape index (κ1) is 69.6. The van der Waals surface area contributed by atoms with Gasteiger partial charge in [-0.05, 0) is 89.9 Å². The molecule has 0 rings (SSSR count). The third kappa shape index (κ3) is 59.3. The van der Waals surface area contributed by atoms with E-state index in [1.807, 2.05) is 0 Å². The molecule has 6 nitrogen and oxygen atoms in total. The molecule has 1 atom stereocenters. The van der Waals surface area contributed by atoms with Crippen LogP contribution in [0, 0.1) is 0 Å². The molecule has 0 aromatic carbocycles. The summed E-state index contributed by atoms with van der Waals surface area (Å²) >= 11 is 0. The number of carbonyl (C=O) groups is 3. The lowest BCUT2D eigenvalue weighted by Crippen LogP contribution is -2.30. The summed E-state index contributed by atoms with van der Waals surface area (Å²) in [5.74, 6) is -0.963. The molecule has 0 aromatic rings. The van der Waals surface area contributed by atoms with Gasteiger partial charge in [0.05, 0.1) is 0 Å². The monoisotopic (exact) mass is 1020 g/mol. The Labute approximate surface area is 452 Å². The molecular weight excluding hydrogens is 901 g/mol. The number of rotatable bonds is 56. The summed E-state index contributed by atoms with van der Waals surface area (Å²) in [6.45, 7) is 6.40. The van der Waals surface area contributed by atoms with Gasteiger partial charge < -0.3 is 14.2 Å². The Balaban J connectivity index is 3.97. The molecule has 0 aromatic heterocycles. The lowest BCUT2D eigenvalue weighted by molar-refractivity contribution is -0.167. The maximum absolute atomic E-state index is 12.7. The number of hydrogen-bond donors (Lipinski definition) is 0. The van der Waals surface area contributed by atoms with Gasteiger partial charge in [0.25, 0.3) is 0 Å². The van der Waals surface area contributed by atoms with Crippen molar-refractivity contribution in [3.8, 4) is 0 Å². The number of unbranched alkanes of at least 4 members (excludes halogenated alkanes) is 31. The van der Waals surface area contributed by atoms with Gasteiger partial charge in [-0.3, -0.25) is 14.4 Å². The summed E-state index contributed by atoms with van der Waals surface area (Å²) in [5, 5.41) is 0. The molecule has 73 heavy (non-hydrogen) atoms. The van der Waals surface area contributed by atoms with Gasteiger partial charge in [-0.1, -0.05) is 279 Å². The van der Waals surface area contributed by atoms with Gasteiger partial charge in [0.15, 0.2) is 6.10 Å². The van der Waals surface area contributed by atoms with Crippen molar-refractivity contribution in [1.82, 2.24) is 0 Å². The lowest BCUT2D eigenvalue weighted by Gasteiger charge is -2.18. The SMILES string of the molecule is CC/C=C\C/C=C\C/C=C\C/C=C\C/C=C\CCCC(=O)OC(COC(=O)CCCCCCC)COC(=O)CCCCCCCCCCCCCCCCCCCCCCC/C=C\C/C=C\CCCCCCC. The zero-order valence-corrected chi connectivity index (χ0v) is 48.1. The third-order valence-electron chi connectivity index (χ3n) is 13.4. The van der Waals surface area contributed by atoms with Crippen LogP contribution in [0.5, 0.6) is 0 Å². The number of carbonyl (C=O) groups excluding carboxylic acids is 3. The highest BCUT2D eigenvalue weighted by Gasteiger charge is 2.19. The van der Waals surface area contributed by atoms with E-state index >= 15 is 0 Å². The average Bonchev–Trinajstić information content (AvgIpc) is 3.39. The predicted molar refractivity (Wildman–Crippen MR) is 316 cm³/mol. The van der Waals surface area contributed by atoms with Gasteiger partial charge in [0.2, 0.25) is 0 Å². The van der Waals surface area contributed by atoms with E-state index in [4.69, 9.17) is 14.2 Å². The molecule has 0 radical (unpaired) electrons. The molecule has 0 aliphatic carbocycles. The number of hydrogen-bond acceptors (Lipinski definition) is 6. The van der Waals surface area contributed by atoms with Crippen LogP contribution in [0.4, 0.5) is 0 Å². The number of esters is 3. The molecule has 1 unspecified atom stereocenters. The van der Waals surface area contributed by atoms with Gasteiger partial charge in [0, 0.05) is 19.3 Å². The summed E-state index contributed by atoms with van der Waals surface area (Å²) in [4.78, 5) is 37.8. The fraction of sp³-hybridized carbons (Fsp3) is 0.746. The number of allylic oxidation sites excluding steroid dienone is 14. The van der Waals surface area contributed by atoms with Crippen LogP contribution in [0.1, 0.15) is 303 Å². The summed E-state index contributed by atoms with van der Waals surface area (Å²) in [6, 6.07) is 0. The van der Waals surface area contributed by atoms with E-state index < -0.39 is 6.10 Å². The minimum atomic E-state index is -0.801. The van der Waals surface area contributed by atoms with Crippen LogP contribution in [-0.4, -0.2) is 37.2 Å². The summed E-state index contributed by atoms with van der Waals surface area (Å²) in [6.07, 6.45) is 80.9. The fourth-order valence-electron chi connectivity index (χ4n) is 8.75. The molecule has 0 bridgehead atoms. The maximum Gasteiger partial charge on any atom is 0.306 e. The van der Waals surface area contributed by atoms with Crippen molar-refractivity contribution in [1.29, 1.82) is 0 Å². The zero-order valence-electron chi connectivity index (χ0n) is 48.1. The first-order chi connectivity index (χ1) is 36.0. The first-order valence-electron chi connectivity index (χ1n) is 31.1. The van der Waals surface area contributed by atoms with Gasteiger partial charge in [-0.15, -0.1) is 0 Å². The van der Waals surface area contributed by atoms with E-state index in [1.54, 1.807) is 0 Å². The van der Waals surface area contributed by atoms with E-state index in [2.05, 4.69) is 106 Å². The van der Waals surface area contributed by atoms with E-state index in [9.17, 15) is 14.4 Å². The molecule has 0 fully saturated rings. The summed E-state index contributed by atoms with van der Waals surface area (Å²) in [7, 11) is 0. The van der Waals surface area contributed by atoms with Crippen LogP contribution in [0.3, 0.4) is 0 Å². The van der Waals surface area contributed by atoms with Crippen LogP contribution >= 0.6 is 0 Å². The van der Waals surface area contributed by atoms with Crippen molar-refractivity contribution in [2.45, 2.75) is 309 Å². The van der Waals surface area contributed by atoms with Crippen molar-refractivity contribution < 1.29 is 28.6 Å². The Hall–Kier alpha value is -3.41. The molecule has 0 saturated carbocycles. The van der Waals surface area contributed by atoms with Crippen molar-refractivity contribution in [2.75, 3.05) is 13.2 Å². The molecular formula is C67H116O6. The molecule has 420 valence electrons. The Bertz CT molecular complexity index is 1400. The second kappa shape index (κ2) is 61.1. The smallest absolute Gasteiger partial charge is 0.306 e. The van der Waals surface area contributed by atoms with Gasteiger partial charge in [-0.25, -0.2) is 0 Å². The molecule has 0 aliphatic rings. The van der Waals surface area contributed by atoms with Crippen molar-refractivity contribution in [3.63, 3.8) is 0 Å². The molecule has 0 aliphatic heterocycles. The van der Waals surface area contributed by atoms with Crippen LogP contribution in [0.25, 0.3) is 0 Å². The highest BCUT2D eigenvalue weighted by Crippen LogP contribution is 2.17. The Kier molecular flexibility index (Phi) is 58.3. The van der Waals surface area contributed by atoms with E-state index in [0.29, 0.717) is 19.3 Å². The maximum atomic E-state index is 12.7. The molecule has 0 spiro atoms. The van der Waals surface area contributed by atoms with E-state index in [0.717, 1.165) is 96.3 Å². The second-order valence-electron chi connectivity index (χ2n) is 20.6. The summed E-state index contributed by atoms with van der Waals surface area (Å²) in [5.41, 5.74) is 0. The van der Waals surface area contributed by atoms with Crippen molar-refractivity contribution in [2.24, 2.45) is 0 Å².